The van der Waals surface area contributed by atoms with Crippen LogP contribution in [0, 0.1) is 5.92 Å². The predicted octanol–water partition coefficient (Wildman–Crippen LogP) is 3.71. The second-order valence-electron chi connectivity index (χ2n) is 4.42. The minimum absolute atomic E-state index is 0.608. The molecule has 84 valence electrons. The first-order valence-corrected chi connectivity index (χ1v) is 6.52. The summed E-state index contributed by atoms with van der Waals surface area (Å²) in [5, 5.41) is 3.54. The van der Waals surface area contributed by atoms with E-state index >= 15 is 0 Å². The van der Waals surface area contributed by atoms with Crippen molar-refractivity contribution in [3.8, 4) is 0 Å². The van der Waals surface area contributed by atoms with Gasteiger partial charge >= 0.3 is 0 Å². The van der Waals surface area contributed by atoms with Crippen LogP contribution >= 0.6 is 15.9 Å². The molecule has 0 aliphatic heterocycles. The fraction of sp³-hybridized carbons (Fsp3) is 0.667. The Morgan fingerprint density at radius 1 is 1.47 bits per heavy atom. The normalized spacial score (nSPS) is 19.6. The van der Waals surface area contributed by atoms with E-state index in [1.54, 1.807) is 0 Å². The quantitative estimate of drug-likeness (QED) is 0.903. The molecule has 1 N–H and O–H groups in total. The Morgan fingerprint density at radius 2 is 2.20 bits per heavy atom. The van der Waals surface area contributed by atoms with Gasteiger partial charge in [0.25, 0.3) is 0 Å². The van der Waals surface area contributed by atoms with Crippen molar-refractivity contribution in [2.75, 3.05) is 0 Å². The van der Waals surface area contributed by atoms with Crippen molar-refractivity contribution in [3.05, 3.63) is 22.6 Å². The van der Waals surface area contributed by atoms with E-state index in [0.29, 0.717) is 6.04 Å². The Kier molecular flexibility index (Phi) is 3.87. The third kappa shape index (κ3) is 3.08. The van der Waals surface area contributed by atoms with Gasteiger partial charge in [-0.1, -0.05) is 12.8 Å². The summed E-state index contributed by atoms with van der Waals surface area (Å²) >= 11 is 3.31. The maximum Gasteiger partial charge on any atom is 0.169 e. The lowest BCUT2D eigenvalue weighted by Gasteiger charge is -2.19. The van der Waals surface area contributed by atoms with E-state index in [4.69, 9.17) is 4.42 Å². The molecular formula is C12H18BrNO. The third-order valence-corrected chi connectivity index (χ3v) is 3.76. The Balaban J connectivity index is 1.77. The molecule has 0 aromatic carbocycles. The standard InChI is InChI=1S/C12H18BrNO/c1-9(10-4-2-3-5-10)14-8-11-6-7-12(13)15-11/h6-7,9-10,14H,2-5,8H2,1H3/t9-/m1/s1. The van der Waals surface area contributed by atoms with E-state index in [0.717, 1.165) is 22.9 Å². The molecule has 0 bridgehead atoms. The second kappa shape index (κ2) is 5.17. The Hall–Kier alpha value is -0.280. The van der Waals surface area contributed by atoms with Crippen LogP contribution in [0.2, 0.25) is 0 Å². The van der Waals surface area contributed by atoms with E-state index in [2.05, 4.69) is 28.2 Å². The Morgan fingerprint density at radius 3 is 2.80 bits per heavy atom. The zero-order valence-electron chi connectivity index (χ0n) is 9.13. The number of halogens is 1. The van der Waals surface area contributed by atoms with Gasteiger partial charge in [0.2, 0.25) is 0 Å². The lowest BCUT2D eigenvalue weighted by Crippen LogP contribution is -2.31. The molecule has 3 heteroatoms. The SMILES string of the molecule is C[C@@H](NCc1ccc(Br)o1)C1CCCC1. The second-order valence-corrected chi connectivity index (χ2v) is 5.20. The summed E-state index contributed by atoms with van der Waals surface area (Å²) in [5.41, 5.74) is 0. The van der Waals surface area contributed by atoms with E-state index in [-0.39, 0.29) is 0 Å². The van der Waals surface area contributed by atoms with Crippen molar-refractivity contribution < 1.29 is 4.42 Å². The van der Waals surface area contributed by atoms with E-state index < -0.39 is 0 Å². The summed E-state index contributed by atoms with van der Waals surface area (Å²) in [5.74, 6) is 1.87. The minimum Gasteiger partial charge on any atom is -0.453 e. The Labute approximate surface area is 99.6 Å². The van der Waals surface area contributed by atoms with Crippen molar-refractivity contribution >= 4 is 15.9 Å². The average molecular weight is 272 g/mol. The highest BCUT2D eigenvalue weighted by Gasteiger charge is 2.21. The summed E-state index contributed by atoms with van der Waals surface area (Å²) in [4.78, 5) is 0. The molecule has 1 fully saturated rings. The largest absolute Gasteiger partial charge is 0.453 e. The van der Waals surface area contributed by atoms with Crippen LogP contribution in [-0.2, 0) is 6.54 Å². The van der Waals surface area contributed by atoms with Gasteiger partial charge in [0, 0.05) is 6.04 Å². The maximum absolute atomic E-state index is 5.45. The van der Waals surface area contributed by atoms with E-state index in [9.17, 15) is 0 Å². The van der Waals surface area contributed by atoms with Crippen LogP contribution in [-0.4, -0.2) is 6.04 Å². The first-order valence-electron chi connectivity index (χ1n) is 5.73. The zero-order chi connectivity index (χ0) is 10.7. The van der Waals surface area contributed by atoms with E-state index in [1.807, 2.05) is 12.1 Å². The highest BCUT2D eigenvalue weighted by atomic mass is 79.9. The van der Waals surface area contributed by atoms with E-state index in [1.165, 1.54) is 25.7 Å². The number of hydrogen-bond acceptors (Lipinski definition) is 2. The maximum atomic E-state index is 5.45. The number of nitrogens with one attached hydrogen (secondary N) is 1. The van der Waals surface area contributed by atoms with Crippen LogP contribution < -0.4 is 5.32 Å². The molecule has 1 aromatic rings. The van der Waals surface area contributed by atoms with Crippen molar-refractivity contribution in [1.29, 1.82) is 0 Å². The van der Waals surface area contributed by atoms with Gasteiger partial charge in [0.05, 0.1) is 6.54 Å². The molecule has 2 rings (SSSR count). The van der Waals surface area contributed by atoms with Crippen LogP contribution in [0.25, 0.3) is 0 Å². The molecule has 0 unspecified atom stereocenters. The lowest BCUT2D eigenvalue weighted by atomic mass is 10.00. The molecule has 1 aromatic heterocycles. The fourth-order valence-electron chi connectivity index (χ4n) is 2.33. The Bertz CT molecular complexity index is 304. The number of rotatable bonds is 4. The molecule has 0 radical (unpaired) electrons. The van der Waals surface area contributed by atoms with Crippen LogP contribution in [0.5, 0.6) is 0 Å². The predicted molar refractivity (Wildman–Crippen MR) is 64.7 cm³/mol. The van der Waals surface area contributed by atoms with Gasteiger partial charge in [-0.3, -0.25) is 0 Å². The highest BCUT2D eigenvalue weighted by molar-refractivity contribution is 9.10. The van der Waals surface area contributed by atoms with Gasteiger partial charge in [-0.15, -0.1) is 0 Å². The molecule has 0 saturated heterocycles. The number of furan rings is 1. The van der Waals surface area contributed by atoms with Crippen LogP contribution in [0.1, 0.15) is 38.4 Å². The van der Waals surface area contributed by atoms with Crippen LogP contribution in [0.3, 0.4) is 0 Å². The summed E-state index contributed by atoms with van der Waals surface area (Å²) in [6.07, 6.45) is 5.58. The highest BCUT2D eigenvalue weighted by Crippen LogP contribution is 2.27. The molecule has 0 spiro atoms. The first kappa shape index (κ1) is 11.2. The van der Waals surface area contributed by atoms with Crippen molar-refractivity contribution in [1.82, 2.24) is 5.32 Å². The van der Waals surface area contributed by atoms with Gasteiger partial charge < -0.3 is 9.73 Å². The fourth-order valence-corrected chi connectivity index (χ4v) is 2.67. The first-order chi connectivity index (χ1) is 7.25. The molecule has 1 saturated carbocycles. The number of hydrogen-bond donors (Lipinski definition) is 1. The molecular weight excluding hydrogens is 254 g/mol. The van der Waals surface area contributed by atoms with Gasteiger partial charge in [-0.05, 0) is 53.7 Å². The summed E-state index contributed by atoms with van der Waals surface area (Å²) < 4.78 is 6.26. The van der Waals surface area contributed by atoms with Gasteiger partial charge in [-0.2, -0.15) is 0 Å². The summed E-state index contributed by atoms with van der Waals surface area (Å²) in [6.45, 7) is 3.12. The molecule has 15 heavy (non-hydrogen) atoms. The van der Waals surface area contributed by atoms with Crippen molar-refractivity contribution in [2.45, 2.75) is 45.2 Å². The molecule has 0 amide bonds. The lowest BCUT2D eigenvalue weighted by molar-refractivity contribution is 0.360. The minimum atomic E-state index is 0.608. The average Bonchev–Trinajstić information content (AvgIpc) is 2.84. The molecule has 1 atom stereocenters. The molecule has 1 heterocycles. The smallest absolute Gasteiger partial charge is 0.169 e. The van der Waals surface area contributed by atoms with Crippen LogP contribution in [0.15, 0.2) is 21.2 Å². The molecule has 1 aliphatic carbocycles. The monoisotopic (exact) mass is 271 g/mol. The zero-order valence-corrected chi connectivity index (χ0v) is 10.7. The van der Waals surface area contributed by atoms with Gasteiger partial charge in [0.15, 0.2) is 4.67 Å². The van der Waals surface area contributed by atoms with Gasteiger partial charge in [0.1, 0.15) is 5.76 Å². The topological polar surface area (TPSA) is 25.2 Å². The van der Waals surface area contributed by atoms with Crippen molar-refractivity contribution in [2.24, 2.45) is 5.92 Å². The van der Waals surface area contributed by atoms with Crippen molar-refractivity contribution in [3.63, 3.8) is 0 Å². The summed E-state index contributed by atoms with van der Waals surface area (Å²) in [6, 6.07) is 4.56. The molecule has 2 nitrogen and oxygen atoms in total. The molecule has 1 aliphatic rings. The van der Waals surface area contributed by atoms with Crippen LogP contribution in [0.4, 0.5) is 0 Å². The third-order valence-electron chi connectivity index (χ3n) is 3.33. The van der Waals surface area contributed by atoms with Gasteiger partial charge in [-0.25, -0.2) is 0 Å². The summed E-state index contributed by atoms with van der Waals surface area (Å²) in [7, 11) is 0.